The molecule has 0 unspecified atom stereocenters. The van der Waals surface area contributed by atoms with E-state index in [0.717, 1.165) is 51.5 Å². The van der Waals surface area contributed by atoms with Crippen LogP contribution in [0.15, 0.2) is 77.9 Å². The van der Waals surface area contributed by atoms with Gasteiger partial charge >= 0.3 is 0 Å². The Morgan fingerprint density at radius 3 is 2.80 bits per heavy atom. The number of nitrogens with zero attached hydrogens (tertiary/aromatic N) is 4. The van der Waals surface area contributed by atoms with E-state index in [-0.39, 0.29) is 0 Å². The van der Waals surface area contributed by atoms with Crippen LogP contribution in [0.2, 0.25) is 0 Å². The van der Waals surface area contributed by atoms with E-state index in [1.165, 1.54) is 0 Å². The van der Waals surface area contributed by atoms with Crippen molar-refractivity contribution >= 4 is 27.6 Å². The second-order valence-electron chi connectivity index (χ2n) is 7.62. The predicted octanol–water partition coefficient (Wildman–Crippen LogP) is 5.38. The number of hydrogen-bond acceptors (Lipinski definition) is 5. The Kier molecular flexibility index (Phi) is 3.71. The van der Waals surface area contributed by atoms with Gasteiger partial charge in [0.25, 0.3) is 0 Å². The SMILES string of the molecule is Nc1ncc(-c2cnn(C3CC=CC3)c2)c2cc(-c3cccc4cnccc34)oc12. The van der Waals surface area contributed by atoms with Crippen LogP contribution in [-0.4, -0.2) is 19.7 Å². The van der Waals surface area contributed by atoms with E-state index in [1.54, 1.807) is 12.4 Å². The van der Waals surface area contributed by atoms with Crippen LogP contribution in [0.1, 0.15) is 18.9 Å². The maximum absolute atomic E-state index is 6.22. The molecule has 0 fully saturated rings. The van der Waals surface area contributed by atoms with Crippen molar-refractivity contribution in [3.05, 3.63) is 73.5 Å². The van der Waals surface area contributed by atoms with Crippen molar-refractivity contribution in [2.75, 3.05) is 5.73 Å². The number of anilines is 1. The molecule has 30 heavy (non-hydrogen) atoms. The molecule has 0 radical (unpaired) electrons. The zero-order chi connectivity index (χ0) is 20.1. The monoisotopic (exact) mass is 393 g/mol. The third-order valence-corrected chi connectivity index (χ3v) is 5.80. The van der Waals surface area contributed by atoms with Crippen LogP contribution in [-0.2, 0) is 0 Å². The van der Waals surface area contributed by atoms with Crippen LogP contribution < -0.4 is 5.73 Å². The Bertz CT molecular complexity index is 1420. The zero-order valence-electron chi connectivity index (χ0n) is 16.2. The number of hydrogen-bond donors (Lipinski definition) is 1. The highest BCUT2D eigenvalue weighted by Gasteiger charge is 2.19. The Morgan fingerprint density at radius 2 is 1.90 bits per heavy atom. The van der Waals surface area contributed by atoms with Crippen molar-refractivity contribution in [1.82, 2.24) is 19.7 Å². The highest BCUT2D eigenvalue weighted by Crippen LogP contribution is 2.38. The molecule has 0 bridgehead atoms. The normalized spacial score (nSPS) is 14.3. The Labute approximate surface area is 172 Å². The fourth-order valence-electron chi connectivity index (χ4n) is 4.24. The predicted molar refractivity (Wildman–Crippen MR) is 118 cm³/mol. The van der Waals surface area contributed by atoms with Gasteiger partial charge in [0.2, 0.25) is 0 Å². The molecule has 0 atom stereocenters. The van der Waals surface area contributed by atoms with Crippen LogP contribution in [0.3, 0.4) is 0 Å². The number of nitrogen functional groups attached to an aromatic ring is 1. The second-order valence-corrected chi connectivity index (χ2v) is 7.62. The summed E-state index contributed by atoms with van der Waals surface area (Å²) in [5.74, 6) is 1.14. The number of furan rings is 1. The molecular formula is C24H19N5O. The maximum Gasteiger partial charge on any atom is 0.177 e. The molecule has 2 N–H and O–H groups in total. The lowest BCUT2D eigenvalue weighted by Crippen LogP contribution is -2.04. The van der Waals surface area contributed by atoms with E-state index in [4.69, 9.17) is 10.2 Å². The van der Waals surface area contributed by atoms with Gasteiger partial charge in [0.15, 0.2) is 11.4 Å². The number of allylic oxidation sites excluding steroid dienone is 2. The fraction of sp³-hybridized carbons (Fsp3) is 0.125. The molecule has 6 rings (SSSR count). The topological polar surface area (TPSA) is 82.8 Å². The molecule has 0 aliphatic heterocycles. The minimum Gasteiger partial charge on any atom is -0.452 e. The molecule has 6 nitrogen and oxygen atoms in total. The van der Waals surface area contributed by atoms with Crippen LogP contribution in [0.5, 0.6) is 0 Å². The van der Waals surface area contributed by atoms with Gasteiger partial charge in [-0.05, 0) is 30.4 Å². The number of benzene rings is 1. The standard InChI is InChI=1S/C24H19N5O/c25-24-23-20(10-22(30-23)19-7-3-4-15-11-26-9-8-18(15)19)21(13-27-24)16-12-28-29(14-16)17-5-1-2-6-17/h1-4,7-14,17H,5-6H2,(H2,25,27). The van der Waals surface area contributed by atoms with Gasteiger partial charge in [-0.15, -0.1) is 0 Å². The lowest BCUT2D eigenvalue weighted by atomic mass is 10.0. The van der Waals surface area contributed by atoms with E-state index < -0.39 is 0 Å². The van der Waals surface area contributed by atoms with Gasteiger partial charge in [-0.25, -0.2) is 4.98 Å². The van der Waals surface area contributed by atoms with Crippen molar-refractivity contribution in [3.63, 3.8) is 0 Å². The largest absolute Gasteiger partial charge is 0.452 e. The summed E-state index contributed by atoms with van der Waals surface area (Å²) in [6, 6.07) is 10.5. The summed E-state index contributed by atoms with van der Waals surface area (Å²) in [5, 5.41) is 7.68. The highest BCUT2D eigenvalue weighted by molar-refractivity contribution is 6.03. The summed E-state index contributed by atoms with van der Waals surface area (Å²) in [6.45, 7) is 0. The first-order chi connectivity index (χ1) is 14.8. The highest BCUT2D eigenvalue weighted by atomic mass is 16.3. The number of pyridine rings is 2. The van der Waals surface area contributed by atoms with Crippen LogP contribution >= 0.6 is 0 Å². The van der Waals surface area contributed by atoms with E-state index in [1.807, 2.05) is 41.3 Å². The van der Waals surface area contributed by atoms with E-state index >= 15 is 0 Å². The van der Waals surface area contributed by atoms with Gasteiger partial charge in [0, 0.05) is 52.3 Å². The van der Waals surface area contributed by atoms with Crippen LogP contribution in [0, 0.1) is 0 Å². The van der Waals surface area contributed by atoms with E-state index in [9.17, 15) is 0 Å². The fourth-order valence-corrected chi connectivity index (χ4v) is 4.24. The molecule has 1 aromatic carbocycles. The molecule has 0 saturated heterocycles. The minimum atomic E-state index is 0.384. The number of aromatic nitrogens is 4. The first-order valence-corrected chi connectivity index (χ1v) is 9.98. The average molecular weight is 393 g/mol. The number of fused-ring (bicyclic) bond motifs is 2. The zero-order valence-corrected chi connectivity index (χ0v) is 16.2. The first-order valence-electron chi connectivity index (χ1n) is 9.98. The molecule has 0 amide bonds. The Morgan fingerprint density at radius 1 is 1.00 bits per heavy atom. The summed E-state index contributed by atoms with van der Waals surface area (Å²) in [4.78, 5) is 8.60. The lowest BCUT2D eigenvalue weighted by Gasteiger charge is -2.08. The number of nitrogens with two attached hydrogens (primary N) is 1. The van der Waals surface area contributed by atoms with E-state index in [2.05, 4.69) is 39.5 Å². The van der Waals surface area contributed by atoms with Crippen molar-refractivity contribution in [2.24, 2.45) is 0 Å². The smallest absolute Gasteiger partial charge is 0.177 e. The average Bonchev–Trinajstić information content (AvgIpc) is 3.53. The van der Waals surface area contributed by atoms with Crippen molar-refractivity contribution in [2.45, 2.75) is 18.9 Å². The third kappa shape index (κ3) is 2.61. The van der Waals surface area contributed by atoms with Gasteiger partial charge in [0.05, 0.1) is 12.2 Å². The van der Waals surface area contributed by atoms with Gasteiger partial charge < -0.3 is 10.2 Å². The summed E-state index contributed by atoms with van der Waals surface area (Å²) in [6.07, 6.45) is 15.9. The third-order valence-electron chi connectivity index (χ3n) is 5.80. The molecule has 4 heterocycles. The summed E-state index contributed by atoms with van der Waals surface area (Å²) in [5.41, 5.74) is 9.75. The molecule has 1 aliphatic carbocycles. The summed E-state index contributed by atoms with van der Waals surface area (Å²) >= 11 is 0. The first kappa shape index (κ1) is 17.0. The molecule has 0 saturated carbocycles. The van der Waals surface area contributed by atoms with E-state index in [0.29, 0.717) is 17.4 Å². The van der Waals surface area contributed by atoms with Crippen LogP contribution in [0.25, 0.3) is 44.2 Å². The minimum absolute atomic E-state index is 0.384. The quantitative estimate of drug-likeness (QED) is 0.416. The van der Waals surface area contributed by atoms with Gasteiger partial charge in [0.1, 0.15) is 5.76 Å². The number of rotatable bonds is 3. The molecule has 0 spiro atoms. The maximum atomic E-state index is 6.22. The molecule has 4 aromatic heterocycles. The lowest BCUT2D eigenvalue weighted by molar-refractivity contribution is 0.481. The van der Waals surface area contributed by atoms with Gasteiger partial charge in [-0.1, -0.05) is 30.4 Å². The van der Waals surface area contributed by atoms with Gasteiger partial charge in [-0.2, -0.15) is 5.10 Å². The van der Waals surface area contributed by atoms with Crippen LogP contribution in [0.4, 0.5) is 5.82 Å². The summed E-state index contributed by atoms with van der Waals surface area (Å²) in [7, 11) is 0. The molecule has 1 aliphatic rings. The summed E-state index contributed by atoms with van der Waals surface area (Å²) < 4.78 is 8.25. The van der Waals surface area contributed by atoms with Crippen molar-refractivity contribution in [3.8, 4) is 22.5 Å². The molecule has 5 aromatic rings. The molecule has 146 valence electrons. The molecular weight excluding hydrogens is 374 g/mol. The Balaban J connectivity index is 1.51. The van der Waals surface area contributed by atoms with Crippen molar-refractivity contribution in [1.29, 1.82) is 0 Å². The van der Waals surface area contributed by atoms with Crippen molar-refractivity contribution < 1.29 is 4.42 Å². The second kappa shape index (κ2) is 6.56. The molecule has 6 heteroatoms. The Hall–Kier alpha value is -3.93. The van der Waals surface area contributed by atoms with Gasteiger partial charge in [-0.3, -0.25) is 9.67 Å².